The van der Waals surface area contributed by atoms with E-state index in [1.54, 1.807) is 0 Å². The molecule has 0 bridgehead atoms. The quantitative estimate of drug-likeness (QED) is 0.579. The van der Waals surface area contributed by atoms with Crippen LogP contribution in [0.25, 0.3) is 11.0 Å². The van der Waals surface area contributed by atoms with Gasteiger partial charge in [-0.15, -0.1) is 0 Å². The van der Waals surface area contributed by atoms with Gasteiger partial charge >= 0.3 is 66.7 Å². The molecule has 0 aliphatic carbocycles. The second-order valence-electron chi connectivity index (χ2n) is 2.14. The fourth-order valence-electron chi connectivity index (χ4n) is 0.973. The Hall–Kier alpha value is -0.752. The minimum atomic E-state index is 1.04. The number of aromatic amines is 1. The molecule has 0 amide bonds. The van der Waals surface area contributed by atoms with Crippen LogP contribution in [0.2, 0.25) is 0 Å². The van der Waals surface area contributed by atoms with Crippen molar-refractivity contribution in [1.29, 1.82) is 0 Å². The predicted octanol–water partition coefficient (Wildman–Crippen LogP) is -0.179. The zero-order chi connectivity index (χ0) is 6.97. The molecule has 50 valence electrons. The molecule has 2 rings (SSSR count). The van der Waals surface area contributed by atoms with Gasteiger partial charge in [0.15, 0.2) is 0 Å². The Morgan fingerprint density at radius 2 is 2.10 bits per heavy atom. The van der Waals surface area contributed by atoms with Gasteiger partial charge in [0.25, 0.3) is 0 Å². The minimum absolute atomic E-state index is 1.04. The second-order valence-corrected chi connectivity index (χ2v) is 3.29. The number of nitrogens with zero attached hydrogens (tertiary/aromatic N) is 1. The molecule has 3 heteroatoms. The van der Waals surface area contributed by atoms with Crippen molar-refractivity contribution in [3.63, 3.8) is 0 Å². The summed E-state index contributed by atoms with van der Waals surface area (Å²) < 4.78 is 1.04. The van der Waals surface area contributed by atoms with E-state index in [1.807, 2.05) is 24.3 Å². The Balaban J connectivity index is 2.88. The summed E-state index contributed by atoms with van der Waals surface area (Å²) in [4.78, 5) is 7.46. The van der Waals surface area contributed by atoms with Gasteiger partial charge in [-0.2, -0.15) is 0 Å². The van der Waals surface area contributed by atoms with Crippen LogP contribution in [0.15, 0.2) is 24.3 Å². The van der Waals surface area contributed by atoms with Crippen LogP contribution in [-0.4, -0.2) is 26.8 Å². The van der Waals surface area contributed by atoms with E-state index in [1.165, 1.54) is 16.9 Å². The number of aromatic nitrogens is 2. The van der Waals surface area contributed by atoms with Crippen molar-refractivity contribution < 1.29 is 0 Å². The zero-order valence-corrected chi connectivity index (χ0v) is 7.76. The molecule has 0 spiro atoms. The average molecular weight is 194 g/mol. The number of imidazole rings is 1. The van der Waals surface area contributed by atoms with Crippen molar-refractivity contribution in [2.24, 2.45) is 0 Å². The fourth-order valence-corrected chi connectivity index (χ4v) is 1.59. The van der Waals surface area contributed by atoms with Crippen molar-refractivity contribution in [1.82, 2.24) is 9.97 Å². The molecule has 2 aromatic rings. The molecule has 1 N–H and O–H groups in total. The number of H-pyrrole nitrogens is 1. The van der Waals surface area contributed by atoms with Gasteiger partial charge in [-0.05, 0) is 0 Å². The summed E-state index contributed by atoms with van der Waals surface area (Å²) in [5, 5.41) is 0. The van der Waals surface area contributed by atoms with E-state index in [0.717, 1.165) is 15.6 Å². The molecule has 10 heavy (non-hydrogen) atoms. The summed E-state index contributed by atoms with van der Waals surface area (Å²) in [5.41, 5.74) is 2.18. The van der Waals surface area contributed by atoms with E-state index in [-0.39, 0.29) is 0 Å². The third kappa shape index (κ3) is 0.850. The first-order valence-electron chi connectivity index (χ1n) is 3.06. The Morgan fingerprint density at radius 3 is 2.90 bits per heavy atom. The second kappa shape index (κ2) is 2.13. The Labute approximate surface area is 67.2 Å². The van der Waals surface area contributed by atoms with Gasteiger partial charge in [0.1, 0.15) is 0 Å². The van der Waals surface area contributed by atoms with Gasteiger partial charge in [0.05, 0.1) is 0 Å². The average Bonchev–Trinajstić information content (AvgIpc) is 2.27. The Bertz CT molecular complexity index is 320. The van der Waals surface area contributed by atoms with E-state index in [2.05, 4.69) is 9.97 Å². The number of nitrogens with one attached hydrogen (secondary N) is 1. The molecule has 1 aromatic carbocycles. The van der Waals surface area contributed by atoms with Crippen LogP contribution in [0.4, 0.5) is 0 Å². The number of fused-ring (bicyclic) bond motifs is 1. The number of para-hydroxylation sites is 2. The normalized spacial score (nSPS) is 10.5. The maximum atomic E-state index is 4.29. The number of hydrogen-bond donors (Lipinski definition) is 1. The third-order valence-electron chi connectivity index (χ3n) is 1.41. The molecular formula is C7H7AsN2. The Morgan fingerprint density at radius 1 is 1.30 bits per heavy atom. The van der Waals surface area contributed by atoms with Crippen LogP contribution < -0.4 is 4.61 Å². The van der Waals surface area contributed by atoms with E-state index < -0.39 is 0 Å². The van der Waals surface area contributed by atoms with Gasteiger partial charge in [0.2, 0.25) is 0 Å². The van der Waals surface area contributed by atoms with Crippen molar-refractivity contribution in [2.45, 2.75) is 0 Å². The molecular weight excluding hydrogens is 187 g/mol. The van der Waals surface area contributed by atoms with Crippen LogP contribution in [0, 0.1) is 0 Å². The first kappa shape index (κ1) is 5.99. The maximum absolute atomic E-state index is 4.29. The monoisotopic (exact) mass is 194 g/mol. The van der Waals surface area contributed by atoms with Gasteiger partial charge in [0, 0.05) is 0 Å². The fraction of sp³-hybridized carbons (Fsp3) is 0. The number of benzene rings is 1. The third-order valence-corrected chi connectivity index (χ3v) is 1.98. The van der Waals surface area contributed by atoms with Crippen molar-refractivity contribution in [3.8, 4) is 0 Å². The van der Waals surface area contributed by atoms with Crippen molar-refractivity contribution in [2.75, 3.05) is 0 Å². The van der Waals surface area contributed by atoms with Crippen LogP contribution in [0.3, 0.4) is 0 Å². The molecule has 1 unspecified atom stereocenters. The SMILES string of the molecule is [AsH2]c1nc2ccccc2[nH]1. The van der Waals surface area contributed by atoms with Gasteiger partial charge < -0.3 is 0 Å². The molecule has 0 fully saturated rings. The van der Waals surface area contributed by atoms with Gasteiger partial charge in [-0.25, -0.2) is 0 Å². The van der Waals surface area contributed by atoms with Crippen molar-refractivity contribution in [3.05, 3.63) is 24.3 Å². The van der Waals surface area contributed by atoms with Crippen molar-refractivity contribution >= 4 is 32.5 Å². The molecule has 1 heterocycles. The van der Waals surface area contributed by atoms with Crippen LogP contribution in [0.5, 0.6) is 0 Å². The van der Waals surface area contributed by atoms with Crippen LogP contribution in [0.1, 0.15) is 0 Å². The summed E-state index contributed by atoms with van der Waals surface area (Å²) in [6, 6.07) is 8.04. The van der Waals surface area contributed by atoms with Gasteiger partial charge in [-0.3, -0.25) is 0 Å². The van der Waals surface area contributed by atoms with E-state index in [9.17, 15) is 0 Å². The first-order valence-corrected chi connectivity index (χ1v) is 4.27. The molecule has 0 radical (unpaired) electrons. The molecule has 0 saturated carbocycles. The zero-order valence-electron chi connectivity index (χ0n) is 5.33. The topological polar surface area (TPSA) is 28.7 Å². The molecule has 1 atom stereocenters. The first-order chi connectivity index (χ1) is 4.86. The summed E-state index contributed by atoms with van der Waals surface area (Å²) in [7, 11) is 0. The summed E-state index contributed by atoms with van der Waals surface area (Å²) in [6.07, 6.45) is 0. The van der Waals surface area contributed by atoms with Crippen LogP contribution >= 0.6 is 0 Å². The van der Waals surface area contributed by atoms with E-state index in [4.69, 9.17) is 0 Å². The van der Waals surface area contributed by atoms with E-state index in [0.29, 0.717) is 0 Å². The van der Waals surface area contributed by atoms with E-state index >= 15 is 0 Å². The Kier molecular flexibility index (Phi) is 1.28. The molecule has 0 aliphatic rings. The number of rotatable bonds is 0. The molecule has 1 aromatic heterocycles. The van der Waals surface area contributed by atoms with Crippen LogP contribution in [-0.2, 0) is 0 Å². The van der Waals surface area contributed by atoms with Gasteiger partial charge in [-0.1, -0.05) is 0 Å². The predicted molar refractivity (Wildman–Crippen MR) is 44.3 cm³/mol. The molecule has 2 nitrogen and oxygen atoms in total. The summed E-state index contributed by atoms with van der Waals surface area (Å²) in [5.74, 6) is 0. The summed E-state index contributed by atoms with van der Waals surface area (Å²) >= 11 is 1.53. The number of hydrogen-bond acceptors (Lipinski definition) is 1. The standard InChI is InChI=1S/C7H7AsN2/c8-7-9-5-3-1-2-4-6(5)10-7/h1-4H,8H2,(H,9,10). The molecule has 0 saturated heterocycles. The summed E-state index contributed by atoms with van der Waals surface area (Å²) in [6.45, 7) is 0. The molecule has 0 aliphatic heterocycles.